The van der Waals surface area contributed by atoms with Crippen LogP contribution < -0.4 is 4.74 Å². The highest BCUT2D eigenvalue weighted by atomic mass is 35.5. The molecule has 0 aliphatic heterocycles. The molecule has 114 valence electrons. The van der Waals surface area contributed by atoms with Gasteiger partial charge in [-0.3, -0.25) is 0 Å². The van der Waals surface area contributed by atoms with Gasteiger partial charge in [0, 0.05) is 30.2 Å². The zero-order valence-electron chi connectivity index (χ0n) is 11.9. The van der Waals surface area contributed by atoms with Crippen molar-refractivity contribution in [2.75, 3.05) is 7.11 Å². The molecule has 4 nitrogen and oxygen atoms in total. The van der Waals surface area contributed by atoms with Crippen molar-refractivity contribution in [2.24, 2.45) is 0 Å². The van der Waals surface area contributed by atoms with E-state index in [0.29, 0.717) is 16.3 Å². The third kappa shape index (κ3) is 4.76. The van der Waals surface area contributed by atoms with E-state index >= 15 is 0 Å². The predicted octanol–water partition coefficient (Wildman–Crippen LogP) is 3.77. The standard InChI is InChI=1S/C16H19ClO4/c1-20-13-3-2-4-14(10-13)21-15-7-6-12(17)9-11(15)5-8-16(18)19/h5-9,13-14H,2-4,10H2,1H3,(H,18,19). The molecule has 1 fully saturated rings. The molecule has 5 heteroatoms. The van der Waals surface area contributed by atoms with Crippen molar-refractivity contribution >= 4 is 23.6 Å². The number of aliphatic carboxylic acids is 1. The van der Waals surface area contributed by atoms with E-state index in [1.807, 2.05) is 0 Å². The quantitative estimate of drug-likeness (QED) is 0.841. The lowest BCUT2D eigenvalue weighted by atomic mass is 9.95. The molecule has 2 unspecified atom stereocenters. The number of ether oxygens (including phenoxy) is 2. The van der Waals surface area contributed by atoms with Gasteiger partial charge in [-0.1, -0.05) is 11.6 Å². The van der Waals surface area contributed by atoms with Crippen molar-refractivity contribution in [1.29, 1.82) is 0 Å². The first-order chi connectivity index (χ1) is 10.1. The molecule has 0 aromatic heterocycles. The van der Waals surface area contributed by atoms with E-state index in [4.69, 9.17) is 26.2 Å². The molecule has 2 rings (SSSR count). The summed E-state index contributed by atoms with van der Waals surface area (Å²) in [6, 6.07) is 5.22. The smallest absolute Gasteiger partial charge is 0.328 e. The van der Waals surface area contributed by atoms with Gasteiger partial charge >= 0.3 is 5.97 Å². The average molecular weight is 311 g/mol. The van der Waals surface area contributed by atoms with E-state index in [2.05, 4.69) is 0 Å². The number of hydrogen-bond acceptors (Lipinski definition) is 3. The van der Waals surface area contributed by atoms with Crippen molar-refractivity contribution in [3.05, 3.63) is 34.9 Å². The molecule has 1 aromatic rings. The average Bonchev–Trinajstić information content (AvgIpc) is 2.47. The Morgan fingerprint density at radius 3 is 2.86 bits per heavy atom. The van der Waals surface area contributed by atoms with Gasteiger partial charge in [0.2, 0.25) is 0 Å². The van der Waals surface area contributed by atoms with Crippen molar-refractivity contribution in [2.45, 2.75) is 37.9 Å². The summed E-state index contributed by atoms with van der Waals surface area (Å²) in [5.41, 5.74) is 0.671. The SMILES string of the molecule is COC1CCCC(Oc2ccc(Cl)cc2C=CC(=O)O)C1. The second kappa shape index (κ2) is 7.48. The van der Waals surface area contributed by atoms with Crippen LogP contribution in [-0.4, -0.2) is 30.4 Å². The summed E-state index contributed by atoms with van der Waals surface area (Å²) in [6.45, 7) is 0. The molecule has 1 aliphatic rings. The molecule has 1 saturated carbocycles. The maximum absolute atomic E-state index is 10.7. The number of carboxylic acids is 1. The monoisotopic (exact) mass is 310 g/mol. The van der Waals surface area contributed by atoms with Crippen LogP contribution in [0.3, 0.4) is 0 Å². The van der Waals surface area contributed by atoms with Crippen molar-refractivity contribution in [3.8, 4) is 5.75 Å². The molecule has 2 atom stereocenters. The van der Waals surface area contributed by atoms with Gasteiger partial charge in [-0.15, -0.1) is 0 Å². The lowest BCUT2D eigenvalue weighted by Crippen LogP contribution is -2.29. The van der Waals surface area contributed by atoms with Crippen LogP contribution in [-0.2, 0) is 9.53 Å². The first-order valence-electron chi connectivity index (χ1n) is 6.98. The summed E-state index contributed by atoms with van der Waals surface area (Å²) in [5.74, 6) is -0.350. The highest BCUT2D eigenvalue weighted by molar-refractivity contribution is 6.30. The van der Waals surface area contributed by atoms with Crippen LogP contribution >= 0.6 is 11.6 Å². The van der Waals surface area contributed by atoms with Crippen molar-refractivity contribution < 1.29 is 19.4 Å². The van der Waals surface area contributed by atoms with Gasteiger partial charge in [-0.05, 0) is 43.5 Å². The molecule has 0 radical (unpaired) electrons. The maximum atomic E-state index is 10.7. The zero-order chi connectivity index (χ0) is 15.2. The number of halogens is 1. The van der Waals surface area contributed by atoms with Gasteiger partial charge in [0.15, 0.2) is 0 Å². The lowest BCUT2D eigenvalue weighted by molar-refractivity contribution is -0.131. The third-order valence-electron chi connectivity index (χ3n) is 3.58. The Morgan fingerprint density at radius 2 is 2.14 bits per heavy atom. The number of carbonyl (C=O) groups is 1. The van der Waals surface area contributed by atoms with Crippen molar-refractivity contribution in [3.63, 3.8) is 0 Å². The van der Waals surface area contributed by atoms with E-state index in [9.17, 15) is 4.79 Å². The van der Waals surface area contributed by atoms with Crippen LogP contribution in [0.15, 0.2) is 24.3 Å². The normalized spacial score (nSPS) is 22.4. The fraction of sp³-hybridized carbons (Fsp3) is 0.438. The summed E-state index contributed by atoms with van der Waals surface area (Å²) >= 11 is 5.96. The second-order valence-electron chi connectivity index (χ2n) is 5.12. The Hall–Kier alpha value is -1.52. The predicted molar refractivity (Wildman–Crippen MR) is 81.8 cm³/mol. The first kappa shape index (κ1) is 15.9. The number of benzene rings is 1. The molecule has 1 N–H and O–H groups in total. The lowest BCUT2D eigenvalue weighted by Gasteiger charge is -2.29. The molecule has 1 aromatic carbocycles. The van der Waals surface area contributed by atoms with Gasteiger partial charge < -0.3 is 14.6 Å². The van der Waals surface area contributed by atoms with E-state index in [0.717, 1.165) is 31.8 Å². The molecule has 0 bridgehead atoms. The van der Waals surface area contributed by atoms with E-state index < -0.39 is 5.97 Å². The molecular formula is C16H19ClO4. The van der Waals surface area contributed by atoms with Crippen LogP contribution in [0.1, 0.15) is 31.2 Å². The van der Waals surface area contributed by atoms with Gasteiger partial charge in [-0.2, -0.15) is 0 Å². The number of rotatable bonds is 5. The number of hydrogen-bond donors (Lipinski definition) is 1. The Morgan fingerprint density at radius 1 is 1.38 bits per heavy atom. The molecule has 1 aliphatic carbocycles. The zero-order valence-corrected chi connectivity index (χ0v) is 12.7. The summed E-state index contributed by atoms with van der Waals surface area (Å²) < 4.78 is 11.4. The number of methoxy groups -OCH3 is 1. The molecule has 21 heavy (non-hydrogen) atoms. The highest BCUT2D eigenvalue weighted by Gasteiger charge is 2.23. The Balaban J connectivity index is 2.13. The minimum atomic E-state index is -1.00. The minimum absolute atomic E-state index is 0.0850. The fourth-order valence-corrected chi connectivity index (χ4v) is 2.70. The molecule has 0 amide bonds. The summed E-state index contributed by atoms with van der Waals surface area (Å²) in [4.78, 5) is 10.7. The van der Waals surface area contributed by atoms with Crippen LogP contribution in [0.2, 0.25) is 5.02 Å². The van der Waals surface area contributed by atoms with Gasteiger partial charge in [0.05, 0.1) is 6.10 Å². The molecular weight excluding hydrogens is 292 g/mol. The number of carboxylic acid groups (broad SMARTS) is 1. The van der Waals surface area contributed by atoms with Gasteiger partial charge in [0.1, 0.15) is 11.9 Å². The first-order valence-corrected chi connectivity index (χ1v) is 7.36. The Kier molecular flexibility index (Phi) is 5.65. The fourth-order valence-electron chi connectivity index (χ4n) is 2.52. The second-order valence-corrected chi connectivity index (χ2v) is 5.55. The molecule has 0 spiro atoms. The van der Waals surface area contributed by atoms with Crippen molar-refractivity contribution in [1.82, 2.24) is 0 Å². The van der Waals surface area contributed by atoms with Crippen LogP contribution in [0.25, 0.3) is 6.08 Å². The van der Waals surface area contributed by atoms with E-state index in [1.165, 1.54) is 6.08 Å². The van der Waals surface area contributed by atoms with Gasteiger partial charge in [0.25, 0.3) is 0 Å². The maximum Gasteiger partial charge on any atom is 0.328 e. The summed E-state index contributed by atoms with van der Waals surface area (Å²) in [7, 11) is 1.72. The largest absolute Gasteiger partial charge is 0.490 e. The van der Waals surface area contributed by atoms with E-state index in [1.54, 1.807) is 25.3 Å². The molecule has 0 heterocycles. The minimum Gasteiger partial charge on any atom is -0.490 e. The molecule has 0 saturated heterocycles. The van der Waals surface area contributed by atoms with Crippen LogP contribution in [0.4, 0.5) is 0 Å². The Bertz CT molecular complexity index is 527. The van der Waals surface area contributed by atoms with Crippen LogP contribution in [0, 0.1) is 0 Å². The Labute approximate surface area is 129 Å². The topological polar surface area (TPSA) is 55.8 Å². The highest BCUT2D eigenvalue weighted by Crippen LogP contribution is 2.29. The van der Waals surface area contributed by atoms with Gasteiger partial charge in [-0.25, -0.2) is 4.79 Å². The summed E-state index contributed by atoms with van der Waals surface area (Å²) in [5, 5.41) is 9.29. The van der Waals surface area contributed by atoms with Crippen LogP contribution in [0.5, 0.6) is 5.75 Å². The van der Waals surface area contributed by atoms with E-state index in [-0.39, 0.29) is 12.2 Å². The third-order valence-corrected chi connectivity index (χ3v) is 3.82. The summed E-state index contributed by atoms with van der Waals surface area (Å²) in [6.07, 6.45) is 6.85.